The lowest BCUT2D eigenvalue weighted by atomic mass is 10.1. The molecule has 2 rings (SSSR count). The summed E-state index contributed by atoms with van der Waals surface area (Å²) < 4.78 is 14.5. The predicted octanol–water partition coefficient (Wildman–Crippen LogP) is 0.557. The van der Waals surface area contributed by atoms with Crippen LogP contribution < -0.4 is 5.32 Å². The van der Waals surface area contributed by atoms with Crippen LogP contribution in [0.4, 0.5) is 4.79 Å². The molecule has 24 heavy (non-hydrogen) atoms. The summed E-state index contributed by atoms with van der Waals surface area (Å²) in [5, 5.41) is 2.69. The van der Waals surface area contributed by atoms with Crippen molar-refractivity contribution >= 4 is 18.0 Å². The summed E-state index contributed by atoms with van der Waals surface area (Å²) in [6.07, 6.45) is -0.564. The number of nitrogens with one attached hydrogen (secondary N) is 1. The Balaban J connectivity index is 2.07. The molecular formula is C16H20N2O6. The molecule has 1 N–H and O–H groups in total. The van der Waals surface area contributed by atoms with Gasteiger partial charge in [-0.3, -0.25) is 9.69 Å². The van der Waals surface area contributed by atoms with Crippen LogP contribution in [-0.2, 0) is 25.5 Å². The molecule has 0 spiro atoms. The number of nitrogens with zero attached hydrogens (tertiary/aromatic N) is 1. The minimum atomic E-state index is -0.712. The van der Waals surface area contributed by atoms with Crippen LogP contribution in [0.1, 0.15) is 15.9 Å². The number of ether oxygens (including phenoxy) is 3. The van der Waals surface area contributed by atoms with Crippen molar-refractivity contribution in [3.05, 3.63) is 35.4 Å². The van der Waals surface area contributed by atoms with Gasteiger partial charge in [0.1, 0.15) is 12.6 Å². The Bertz CT molecular complexity index is 618. The van der Waals surface area contributed by atoms with Gasteiger partial charge in [-0.15, -0.1) is 0 Å². The maximum Gasteiger partial charge on any atom is 0.410 e. The summed E-state index contributed by atoms with van der Waals surface area (Å²) >= 11 is 0. The van der Waals surface area contributed by atoms with Gasteiger partial charge < -0.3 is 19.5 Å². The van der Waals surface area contributed by atoms with Gasteiger partial charge in [0.2, 0.25) is 5.91 Å². The highest BCUT2D eigenvalue weighted by atomic mass is 16.6. The van der Waals surface area contributed by atoms with Gasteiger partial charge in [0, 0.05) is 13.7 Å². The van der Waals surface area contributed by atoms with E-state index in [1.165, 1.54) is 19.1 Å². The van der Waals surface area contributed by atoms with Crippen LogP contribution in [0.25, 0.3) is 0 Å². The van der Waals surface area contributed by atoms with Gasteiger partial charge >= 0.3 is 12.1 Å². The molecule has 0 radical (unpaired) electrons. The summed E-state index contributed by atoms with van der Waals surface area (Å²) in [6, 6.07) is 5.98. The summed E-state index contributed by atoms with van der Waals surface area (Å²) in [7, 11) is 2.84. The highest BCUT2D eigenvalue weighted by molar-refractivity contribution is 5.90. The minimum Gasteiger partial charge on any atom is -0.465 e. The number of esters is 1. The van der Waals surface area contributed by atoms with Crippen LogP contribution in [0, 0.1) is 0 Å². The molecule has 1 aromatic rings. The molecule has 0 aromatic heterocycles. The number of hydrogen-bond acceptors (Lipinski definition) is 6. The topological polar surface area (TPSA) is 94.2 Å². The summed E-state index contributed by atoms with van der Waals surface area (Å²) in [5.74, 6) is -0.767. The average Bonchev–Trinajstić information content (AvgIpc) is 2.95. The lowest BCUT2D eigenvalue weighted by Gasteiger charge is -2.21. The Morgan fingerprint density at radius 3 is 2.88 bits per heavy atom. The third kappa shape index (κ3) is 4.23. The van der Waals surface area contributed by atoms with Crippen molar-refractivity contribution in [1.82, 2.24) is 10.2 Å². The minimum absolute atomic E-state index is 0.00561. The summed E-state index contributed by atoms with van der Waals surface area (Å²) in [4.78, 5) is 37.0. The first-order valence-corrected chi connectivity index (χ1v) is 7.44. The maximum atomic E-state index is 12.2. The van der Waals surface area contributed by atoms with Crippen LogP contribution >= 0.6 is 0 Å². The van der Waals surface area contributed by atoms with Gasteiger partial charge in [0.05, 0.1) is 25.8 Å². The van der Waals surface area contributed by atoms with E-state index in [1.807, 2.05) is 0 Å². The van der Waals surface area contributed by atoms with Crippen LogP contribution in [0.3, 0.4) is 0 Å². The molecule has 0 saturated carbocycles. The molecule has 1 atom stereocenters. The first-order chi connectivity index (χ1) is 11.6. The number of rotatable bonds is 7. The molecule has 1 aliphatic heterocycles. The number of cyclic esters (lactones) is 1. The molecule has 2 amide bonds. The molecule has 0 bridgehead atoms. The summed E-state index contributed by atoms with van der Waals surface area (Å²) in [5.41, 5.74) is 1.08. The van der Waals surface area contributed by atoms with Gasteiger partial charge in [-0.25, -0.2) is 9.59 Å². The number of carbonyl (C=O) groups is 3. The van der Waals surface area contributed by atoms with E-state index < -0.39 is 18.1 Å². The predicted molar refractivity (Wildman–Crippen MR) is 83.3 cm³/mol. The second-order valence-corrected chi connectivity index (χ2v) is 5.20. The zero-order chi connectivity index (χ0) is 17.5. The molecule has 0 unspecified atom stereocenters. The third-order valence-corrected chi connectivity index (χ3v) is 3.58. The molecule has 130 valence electrons. The zero-order valence-electron chi connectivity index (χ0n) is 13.6. The quantitative estimate of drug-likeness (QED) is 0.577. The molecular weight excluding hydrogens is 316 g/mol. The van der Waals surface area contributed by atoms with E-state index in [2.05, 4.69) is 10.1 Å². The normalized spacial score (nSPS) is 16.7. The standard InChI is InChI=1S/C16H20N2O6/c1-22-7-6-17-14(19)13-10-24-16(21)18(13)9-11-4-3-5-12(8-11)15(20)23-2/h3-5,8,13H,6-7,9-10H2,1-2H3,(H,17,19)/t13-/m0/s1. The average molecular weight is 336 g/mol. The van der Waals surface area contributed by atoms with Crippen molar-refractivity contribution in [1.29, 1.82) is 0 Å². The Morgan fingerprint density at radius 2 is 2.17 bits per heavy atom. The lowest BCUT2D eigenvalue weighted by Crippen LogP contribution is -2.46. The van der Waals surface area contributed by atoms with Gasteiger partial charge in [-0.2, -0.15) is 0 Å². The van der Waals surface area contributed by atoms with Crippen molar-refractivity contribution in [3.63, 3.8) is 0 Å². The van der Waals surface area contributed by atoms with Gasteiger partial charge in [0.25, 0.3) is 0 Å². The molecule has 1 fully saturated rings. The number of amides is 2. The van der Waals surface area contributed by atoms with Crippen molar-refractivity contribution in [2.24, 2.45) is 0 Å². The summed E-state index contributed by atoms with van der Waals surface area (Å²) in [6.45, 7) is 0.889. The monoisotopic (exact) mass is 336 g/mol. The molecule has 1 saturated heterocycles. The molecule has 8 nitrogen and oxygen atoms in total. The first-order valence-electron chi connectivity index (χ1n) is 7.44. The molecule has 0 aliphatic carbocycles. The van der Waals surface area contributed by atoms with Crippen molar-refractivity contribution in [2.45, 2.75) is 12.6 Å². The van der Waals surface area contributed by atoms with Crippen LogP contribution in [0.5, 0.6) is 0 Å². The zero-order valence-corrected chi connectivity index (χ0v) is 13.6. The fraction of sp³-hybridized carbons (Fsp3) is 0.438. The number of hydrogen-bond donors (Lipinski definition) is 1. The number of carbonyl (C=O) groups excluding carboxylic acids is 3. The van der Waals surface area contributed by atoms with Crippen LogP contribution in [-0.4, -0.2) is 62.9 Å². The van der Waals surface area contributed by atoms with E-state index in [1.54, 1.807) is 24.3 Å². The Kier molecular flexibility index (Phi) is 6.14. The van der Waals surface area contributed by atoms with Gasteiger partial charge in [-0.05, 0) is 17.7 Å². The highest BCUT2D eigenvalue weighted by Crippen LogP contribution is 2.18. The Morgan fingerprint density at radius 1 is 1.38 bits per heavy atom. The Hall–Kier alpha value is -2.61. The molecule has 1 aromatic carbocycles. The number of benzene rings is 1. The SMILES string of the molecule is COCCNC(=O)[C@@H]1COC(=O)N1Cc1cccc(C(=O)OC)c1. The Labute approximate surface area is 139 Å². The fourth-order valence-corrected chi connectivity index (χ4v) is 2.35. The second kappa shape index (κ2) is 8.30. The fourth-order valence-electron chi connectivity index (χ4n) is 2.35. The highest BCUT2D eigenvalue weighted by Gasteiger charge is 2.37. The van der Waals surface area contributed by atoms with Crippen molar-refractivity contribution in [2.75, 3.05) is 34.0 Å². The van der Waals surface area contributed by atoms with Gasteiger partial charge in [-0.1, -0.05) is 12.1 Å². The maximum absolute atomic E-state index is 12.2. The molecule has 1 heterocycles. The largest absolute Gasteiger partial charge is 0.465 e. The van der Waals surface area contributed by atoms with Crippen LogP contribution in [0.15, 0.2) is 24.3 Å². The smallest absolute Gasteiger partial charge is 0.410 e. The van der Waals surface area contributed by atoms with Crippen LogP contribution in [0.2, 0.25) is 0 Å². The first kappa shape index (κ1) is 17.7. The molecule has 1 aliphatic rings. The third-order valence-electron chi connectivity index (χ3n) is 3.58. The lowest BCUT2D eigenvalue weighted by molar-refractivity contribution is -0.125. The van der Waals surface area contributed by atoms with Gasteiger partial charge in [0.15, 0.2) is 0 Å². The van der Waals surface area contributed by atoms with E-state index in [0.717, 1.165) is 0 Å². The molecule has 8 heteroatoms. The van der Waals surface area contributed by atoms with E-state index >= 15 is 0 Å². The van der Waals surface area contributed by atoms with E-state index in [9.17, 15) is 14.4 Å². The van der Waals surface area contributed by atoms with E-state index in [-0.39, 0.29) is 19.1 Å². The van der Waals surface area contributed by atoms with E-state index in [0.29, 0.717) is 24.3 Å². The van der Waals surface area contributed by atoms with Crippen molar-refractivity contribution in [3.8, 4) is 0 Å². The van der Waals surface area contributed by atoms with Crippen molar-refractivity contribution < 1.29 is 28.6 Å². The second-order valence-electron chi connectivity index (χ2n) is 5.20. The number of methoxy groups -OCH3 is 2. The van der Waals surface area contributed by atoms with E-state index in [4.69, 9.17) is 9.47 Å².